The van der Waals surface area contributed by atoms with E-state index in [4.69, 9.17) is 9.47 Å². The Bertz CT molecular complexity index is 1220. The van der Waals surface area contributed by atoms with Gasteiger partial charge in [-0.1, -0.05) is 18.2 Å². The van der Waals surface area contributed by atoms with Crippen molar-refractivity contribution >= 4 is 16.7 Å². The van der Waals surface area contributed by atoms with Gasteiger partial charge in [0.25, 0.3) is 0 Å². The Morgan fingerprint density at radius 1 is 1.00 bits per heavy atom. The van der Waals surface area contributed by atoms with Gasteiger partial charge < -0.3 is 14.4 Å². The van der Waals surface area contributed by atoms with Crippen molar-refractivity contribution in [2.24, 2.45) is 0 Å². The number of morpholine rings is 1. The largest absolute Gasteiger partial charge is 0.494 e. The average molecular weight is 447 g/mol. The lowest BCUT2D eigenvalue weighted by atomic mass is 10.0. The van der Waals surface area contributed by atoms with Crippen LogP contribution in [0.5, 0.6) is 5.75 Å². The number of fused-ring (bicyclic) bond motifs is 3. The van der Waals surface area contributed by atoms with E-state index in [1.165, 1.54) is 0 Å². The molecule has 5 rings (SSSR count). The van der Waals surface area contributed by atoms with Crippen LogP contribution in [0.4, 0.5) is 0 Å². The molecule has 8 heteroatoms. The lowest BCUT2D eigenvalue weighted by molar-refractivity contribution is 0.0329. The molecule has 3 heterocycles. The molecule has 172 valence electrons. The smallest absolute Gasteiger partial charge is 0.179 e. The van der Waals surface area contributed by atoms with Gasteiger partial charge >= 0.3 is 0 Å². The van der Waals surface area contributed by atoms with Crippen molar-refractivity contribution in [3.05, 3.63) is 54.5 Å². The third-order valence-corrected chi connectivity index (χ3v) is 5.97. The van der Waals surface area contributed by atoms with Gasteiger partial charge in [-0.15, -0.1) is 10.2 Å². The van der Waals surface area contributed by atoms with Gasteiger partial charge in [0, 0.05) is 19.6 Å². The first-order chi connectivity index (χ1) is 16.2. The monoisotopic (exact) mass is 446 g/mol. The van der Waals surface area contributed by atoms with Crippen molar-refractivity contribution in [2.75, 3.05) is 53.6 Å². The summed E-state index contributed by atoms with van der Waals surface area (Å²) in [6, 6.07) is 14.6. The van der Waals surface area contributed by atoms with Crippen LogP contribution in [-0.4, -0.2) is 82.9 Å². The summed E-state index contributed by atoms with van der Waals surface area (Å²) in [5.41, 5.74) is 4.97. The molecular formula is C25H30N6O2. The number of nitrogens with zero attached hydrogens (tertiary/aromatic N) is 6. The van der Waals surface area contributed by atoms with Crippen molar-refractivity contribution in [3.63, 3.8) is 0 Å². The van der Waals surface area contributed by atoms with Gasteiger partial charge in [0.05, 0.1) is 43.6 Å². The van der Waals surface area contributed by atoms with Crippen molar-refractivity contribution in [1.29, 1.82) is 0 Å². The topological polar surface area (TPSA) is 68.0 Å². The number of hydrogen-bond acceptors (Lipinski definition) is 7. The maximum absolute atomic E-state index is 5.88. The molecule has 33 heavy (non-hydrogen) atoms. The van der Waals surface area contributed by atoms with Gasteiger partial charge in [0.2, 0.25) is 0 Å². The van der Waals surface area contributed by atoms with E-state index < -0.39 is 0 Å². The molecule has 1 fully saturated rings. The quantitative estimate of drug-likeness (QED) is 0.385. The Hall–Kier alpha value is -3.07. The molecule has 0 unspecified atom stereocenters. The average Bonchev–Trinajstić information content (AvgIpc) is 3.25. The van der Waals surface area contributed by atoms with Crippen LogP contribution < -0.4 is 4.74 Å². The third kappa shape index (κ3) is 4.98. The fourth-order valence-corrected chi connectivity index (χ4v) is 4.17. The molecular weight excluding hydrogens is 416 g/mol. The van der Waals surface area contributed by atoms with E-state index >= 15 is 0 Å². The molecule has 1 saturated heterocycles. The van der Waals surface area contributed by atoms with Gasteiger partial charge in [-0.3, -0.25) is 14.3 Å². The Morgan fingerprint density at radius 2 is 1.79 bits per heavy atom. The number of ether oxygens (including phenoxy) is 2. The van der Waals surface area contributed by atoms with E-state index in [0.717, 1.165) is 91.8 Å². The molecule has 0 radical (unpaired) electrons. The third-order valence-electron chi connectivity index (χ3n) is 5.97. The summed E-state index contributed by atoms with van der Waals surface area (Å²) in [5.74, 6) is 1.83. The summed E-state index contributed by atoms with van der Waals surface area (Å²) >= 11 is 0. The normalized spacial score (nSPS) is 15.0. The van der Waals surface area contributed by atoms with Crippen LogP contribution in [0, 0.1) is 0 Å². The van der Waals surface area contributed by atoms with E-state index in [1.54, 1.807) is 6.20 Å². The zero-order valence-corrected chi connectivity index (χ0v) is 19.3. The second kappa shape index (κ2) is 9.82. The van der Waals surface area contributed by atoms with Crippen LogP contribution in [0.3, 0.4) is 0 Å². The summed E-state index contributed by atoms with van der Waals surface area (Å²) in [6.45, 7) is 5.83. The highest BCUT2D eigenvalue weighted by Crippen LogP contribution is 2.26. The zero-order chi connectivity index (χ0) is 22.6. The molecule has 0 bridgehead atoms. The molecule has 0 amide bonds. The standard InChI is InChI=1S/C25H30N6O2/c1-29(2)10-3-13-33-21-7-4-19(5-8-21)20-6-9-22-23(16-20)31-24(17-26-22)27-28-25(31)18-30-11-14-32-15-12-30/h4-9,16-17H,3,10-15,18H2,1-2H3. The van der Waals surface area contributed by atoms with Gasteiger partial charge in [-0.25, -0.2) is 0 Å². The van der Waals surface area contributed by atoms with Crippen molar-refractivity contribution < 1.29 is 9.47 Å². The van der Waals surface area contributed by atoms with Crippen LogP contribution in [0.25, 0.3) is 27.8 Å². The highest BCUT2D eigenvalue weighted by atomic mass is 16.5. The molecule has 8 nitrogen and oxygen atoms in total. The lowest BCUT2D eigenvalue weighted by Crippen LogP contribution is -2.36. The Kier molecular flexibility index (Phi) is 6.48. The molecule has 2 aromatic carbocycles. The second-order valence-electron chi connectivity index (χ2n) is 8.69. The fraction of sp³-hybridized carbons (Fsp3) is 0.400. The van der Waals surface area contributed by atoms with E-state index in [9.17, 15) is 0 Å². The molecule has 0 N–H and O–H groups in total. The molecule has 0 aliphatic carbocycles. The van der Waals surface area contributed by atoms with Crippen LogP contribution >= 0.6 is 0 Å². The predicted molar refractivity (Wildman–Crippen MR) is 128 cm³/mol. The summed E-state index contributed by atoms with van der Waals surface area (Å²) in [4.78, 5) is 9.11. The minimum absolute atomic E-state index is 0.719. The van der Waals surface area contributed by atoms with Gasteiger partial charge in [0.1, 0.15) is 5.75 Å². The highest BCUT2D eigenvalue weighted by Gasteiger charge is 2.16. The maximum Gasteiger partial charge on any atom is 0.179 e. The maximum atomic E-state index is 5.88. The van der Waals surface area contributed by atoms with Gasteiger partial charge in [0.15, 0.2) is 11.5 Å². The van der Waals surface area contributed by atoms with Crippen LogP contribution in [-0.2, 0) is 11.3 Å². The summed E-state index contributed by atoms with van der Waals surface area (Å²) in [5, 5.41) is 8.84. The second-order valence-corrected chi connectivity index (χ2v) is 8.69. The lowest BCUT2D eigenvalue weighted by Gasteiger charge is -2.25. The van der Waals surface area contributed by atoms with Crippen molar-refractivity contribution in [1.82, 2.24) is 29.4 Å². The van der Waals surface area contributed by atoms with Crippen molar-refractivity contribution in [3.8, 4) is 16.9 Å². The molecule has 4 aromatic rings. The number of benzene rings is 2. The molecule has 0 atom stereocenters. The fourth-order valence-electron chi connectivity index (χ4n) is 4.17. The van der Waals surface area contributed by atoms with E-state index in [0.29, 0.717) is 0 Å². The number of aromatic nitrogens is 4. The first-order valence-electron chi connectivity index (χ1n) is 11.5. The Morgan fingerprint density at radius 3 is 2.58 bits per heavy atom. The zero-order valence-electron chi connectivity index (χ0n) is 19.3. The Balaban J connectivity index is 1.40. The van der Waals surface area contributed by atoms with Crippen LogP contribution in [0.2, 0.25) is 0 Å². The minimum Gasteiger partial charge on any atom is -0.494 e. The minimum atomic E-state index is 0.719. The number of hydrogen-bond donors (Lipinski definition) is 0. The Labute approximate surface area is 193 Å². The van der Waals surface area contributed by atoms with E-state index in [2.05, 4.69) is 73.8 Å². The van der Waals surface area contributed by atoms with Crippen LogP contribution in [0.1, 0.15) is 12.2 Å². The molecule has 0 saturated carbocycles. The molecule has 0 spiro atoms. The number of rotatable bonds is 8. The summed E-state index contributed by atoms with van der Waals surface area (Å²) in [7, 11) is 4.15. The van der Waals surface area contributed by atoms with E-state index in [1.807, 2.05) is 12.1 Å². The SMILES string of the molecule is CN(C)CCCOc1ccc(-c2ccc3ncc4nnc(CN5CCOCC5)n4c3c2)cc1. The predicted octanol–water partition coefficient (Wildman–Crippen LogP) is 3.11. The van der Waals surface area contributed by atoms with E-state index in [-0.39, 0.29) is 0 Å². The first kappa shape index (κ1) is 21.8. The molecule has 1 aliphatic rings. The first-order valence-corrected chi connectivity index (χ1v) is 11.5. The molecule has 1 aliphatic heterocycles. The highest BCUT2D eigenvalue weighted by molar-refractivity contribution is 5.83. The van der Waals surface area contributed by atoms with Gasteiger partial charge in [-0.2, -0.15) is 0 Å². The summed E-state index contributed by atoms with van der Waals surface area (Å²) in [6.07, 6.45) is 2.80. The molecule has 2 aromatic heterocycles. The van der Waals surface area contributed by atoms with Crippen molar-refractivity contribution in [2.45, 2.75) is 13.0 Å². The van der Waals surface area contributed by atoms with Crippen LogP contribution in [0.15, 0.2) is 48.7 Å². The summed E-state index contributed by atoms with van der Waals surface area (Å²) < 4.78 is 13.5. The van der Waals surface area contributed by atoms with Gasteiger partial charge in [-0.05, 0) is 55.9 Å².